The van der Waals surface area contributed by atoms with Gasteiger partial charge in [0, 0.05) is 10.9 Å². The van der Waals surface area contributed by atoms with Crippen LogP contribution in [0.15, 0.2) is 22.7 Å². The van der Waals surface area contributed by atoms with Gasteiger partial charge < -0.3 is 9.47 Å². The van der Waals surface area contributed by atoms with Gasteiger partial charge in [-0.3, -0.25) is 25.2 Å². The van der Waals surface area contributed by atoms with Crippen LogP contribution in [0.25, 0.3) is 0 Å². The first-order valence-corrected chi connectivity index (χ1v) is 7.25. The van der Waals surface area contributed by atoms with Crippen molar-refractivity contribution in [1.82, 2.24) is 10.9 Å². The summed E-state index contributed by atoms with van der Waals surface area (Å²) >= 11 is 3.36. The maximum atomic E-state index is 11.5. The standard InChI is InChI=1S/C14H17BrN2O5/c1-9-7-10(3-4-11(9)15)22-8-13(19)17-16-12(18)5-6-14(20)21-2/h3-4,7H,5-6,8H2,1-2H3,(H,16,18)(H,17,19). The number of hydrogen-bond acceptors (Lipinski definition) is 5. The summed E-state index contributed by atoms with van der Waals surface area (Å²) in [7, 11) is 1.24. The molecule has 0 aliphatic rings. The van der Waals surface area contributed by atoms with E-state index in [1.807, 2.05) is 13.0 Å². The minimum Gasteiger partial charge on any atom is -0.484 e. The highest BCUT2D eigenvalue weighted by Crippen LogP contribution is 2.21. The van der Waals surface area contributed by atoms with E-state index in [4.69, 9.17) is 4.74 Å². The van der Waals surface area contributed by atoms with Crippen LogP contribution in [0.5, 0.6) is 5.75 Å². The highest BCUT2D eigenvalue weighted by molar-refractivity contribution is 9.10. The third-order valence-corrected chi connectivity index (χ3v) is 3.51. The lowest BCUT2D eigenvalue weighted by Crippen LogP contribution is -2.43. The number of carbonyl (C=O) groups excluding carboxylic acids is 3. The first kappa shape index (κ1) is 18.0. The van der Waals surface area contributed by atoms with Crippen LogP contribution in [0, 0.1) is 6.92 Å². The SMILES string of the molecule is COC(=O)CCC(=O)NNC(=O)COc1ccc(Br)c(C)c1. The Hall–Kier alpha value is -2.09. The zero-order chi connectivity index (χ0) is 16.5. The lowest BCUT2D eigenvalue weighted by atomic mass is 10.2. The van der Waals surface area contributed by atoms with Gasteiger partial charge in [-0.25, -0.2) is 0 Å². The number of hydrazine groups is 1. The zero-order valence-corrected chi connectivity index (χ0v) is 13.9. The van der Waals surface area contributed by atoms with E-state index in [2.05, 4.69) is 31.5 Å². The second-order valence-corrected chi connectivity index (χ2v) is 5.23. The summed E-state index contributed by atoms with van der Waals surface area (Å²) in [5, 5.41) is 0. The largest absolute Gasteiger partial charge is 0.484 e. The molecule has 2 amide bonds. The molecule has 1 aromatic rings. The first-order valence-electron chi connectivity index (χ1n) is 6.46. The molecule has 0 fully saturated rings. The Morgan fingerprint density at radius 2 is 1.82 bits per heavy atom. The van der Waals surface area contributed by atoms with E-state index in [0.717, 1.165) is 10.0 Å². The van der Waals surface area contributed by atoms with E-state index in [-0.39, 0.29) is 19.4 Å². The van der Waals surface area contributed by atoms with Gasteiger partial charge in [-0.1, -0.05) is 15.9 Å². The number of ether oxygens (including phenoxy) is 2. The summed E-state index contributed by atoms with van der Waals surface area (Å²) in [6.45, 7) is 1.66. The number of nitrogens with one attached hydrogen (secondary N) is 2. The van der Waals surface area contributed by atoms with E-state index in [1.165, 1.54) is 7.11 Å². The molecule has 0 radical (unpaired) electrons. The molecule has 0 aromatic heterocycles. The minimum absolute atomic E-state index is 0.0487. The fourth-order valence-electron chi connectivity index (χ4n) is 1.41. The van der Waals surface area contributed by atoms with Crippen molar-refractivity contribution in [3.05, 3.63) is 28.2 Å². The van der Waals surface area contributed by atoms with E-state index in [1.54, 1.807) is 12.1 Å². The molecule has 0 atom stereocenters. The van der Waals surface area contributed by atoms with Crippen molar-refractivity contribution in [2.45, 2.75) is 19.8 Å². The number of halogens is 1. The Labute approximate surface area is 136 Å². The van der Waals surface area contributed by atoms with E-state index < -0.39 is 17.8 Å². The second kappa shape index (κ2) is 9.04. The van der Waals surface area contributed by atoms with E-state index in [9.17, 15) is 14.4 Å². The Morgan fingerprint density at radius 3 is 2.45 bits per heavy atom. The van der Waals surface area contributed by atoms with Crippen LogP contribution in [-0.4, -0.2) is 31.5 Å². The lowest BCUT2D eigenvalue weighted by molar-refractivity contribution is -0.142. The van der Waals surface area contributed by atoms with Crippen molar-refractivity contribution in [2.75, 3.05) is 13.7 Å². The van der Waals surface area contributed by atoms with Crippen molar-refractivity contribution in [1.29, 1.82) is 0 Å². The molecule has 0 aliphatic carbocycles. The number of aryl methyl sites for hydroxylation is 1. The van der Waals surface area contributed by atoms with Crippen molar-refractivity contribution in [3.8, 4) is 5.75 Å². The number of amides is 2. The van der Waals surface area contributed by atoms with Gasteiger partial charge in [0.25, 0.3) is 5.91 Å². The molecule has 0 saturated heterocycles. The summed E-state index contributed by atoms with van der Waals surface area (Å²) in [6.07, 6.45) is -0.118. The number of carbonyl (C=O) groups is 3. The topological polar surface area (TPSA) is 93.7 Å². The average molecular weight is 373 g/mol. The molecule has 0 spiro atoms. The van der Waals surface area contributed by atoms with Crippen LogP contribution >= 0.6 is 15.9 Å². The number of esters is 1. The summed E-state index contributed by atoms with van der Waals surface area (Å²) in [5.74, 6) is -0.937. The van der Waals surface area contributed by atoms with Crippen LogP contribution in [0.3, 0.4) is 0 Å². The van der Waals surface area contributed by atoms with Crippen LogP contribution < -0.4 is 15.6 Å². The molecular formula is C14H17BrN2O5. The van der Waals surface area contributed by atoms with E-state index in [0.29, 0.717) is 5.75 Å². The van der Waals surface area contributed by atoms with E-state index >= 15 is 0 Å². The summed E-state index contributed by atoms with van der Waals surface area (Å²) in [5.41, 5.74) is 5.36. The number of methoxy groups -OCH3 is 1. The quantitative estimate of drug-likeness (QED) is 0.578. The fraction of sp³-hybridized carbons (Fsp3) is 0.357. The minimum atomic E-state index is -0.507. The Balaban J connectivity index is 2.27. The van der Waals surface area contributed by atoms with Gasteiger partial charge in [-0.05, 0) is 30.7 Å². The molecular weight excluding hydrogens is 356 g/mol. The predicted molar refractivity (Wildman–Crippen MR) is 81.9 cm³/mol. The normalized spacial score (nSPS) is 9.77. The third-order valence-electron chi connectivity index (χ3n) is 2.62. The number of hydrogen-bond donors (Lipinski definition) is 2. The fourth-order valence-corrected chi connectivity index (χ4v) is 1.66. The molecule has 8 heteroatoms. The summed E-state index contributed by atoms with van der Waals surface area (Å²) in [4.78, 5) is 33.7. The van der Waals surface area contributed by atoms with Crippen LogP contribution in [-0.2, 0) is 19.1 Å². The van der Waals surface area contributed by atoms with Crippen LogP contribution in [0.2, 0.25) is 0 Å². The predicted octanol–water partition coefficient (Wildman–Crippen LogP) is 1.24. The molecule has 1 rings (SSSR count). The van der Waals surface area contributed by atoms with Crippen molar-refractivity contribution in [2.24, 2.45) is 0 Å². The van der Waals surface area contributed by atoms with Gasteiger partial charge in [-0.15, -0.1) is 0 Å². The highest BCUT2D eigenvalue weighted by atomic mass is 79.9. The number of benzene rings is 1. The summed E-state index contributed by atoms with van der Waals surface area (Å²) in [6, 6.07) is 5.32. The van der Waals surface area contributed by atoms with Gasteiger partial charge in [0.2, 0.25) is 5.91 Å². The molecule has 7 nitrogen and oxygen atoms in total. The molecule has 0 heterocycles. The van der Waals surface area contributed by atoms with Crippen molar-refractivity contribution in [3.63, 3.8) is 0 Å². The van der Waals surface area contributed by atoms with Gasteiger partial charge in [0.1, 0.15) is 5.75 Å². The van der Waals surface area contributed by atoms with Crippen LogP contribution in [0.1, 0.15) is 18.4 Å². The third kappa shape index (κ3) is 6.57. The number of rotatable bonds is 6. The lowest BCUT2D eigenvalue weighted by Gasteiger charge is -2.09. The molecule has 22 heavy (non-hydrogen) atoms. The van der Waals surface area contributed by atoms with Gasteiger partial charge in [0.15, 0.2) is 6.61 Å². The van der Waals surface area contributed by atoms with Crippen molar-refractivity contribution >= 4 is 33.7 Å². The maximum Gasteiger partial charge on any atom is 0.306 e. The maximum absolute atomic E-state index is 11.5. The smallest absolute Gasteiger partial charge is 0.306 e. The zero-order valence-electron chi connectivity index (χ0n) is 12.3. The Bertz CT molecular complexity index is 562. The van der Waals surface area contributed by atoms with Gasteiger partial charge in [0.05, 0.1) is 13.5 Å². The molecule has 2 N–H and O–H groups in total. The Morgan fingerprint density at radius 1 is 1.14 bits per heavy atom. The Kier molecular flexibility index (Phi) is 7.38. The molecule has 1 aromatic carbocycles. The monoisotopic (exact) mass is 372 g/mol. The van der Waals surface area contributed by atoms with Crippen molar-refractivity contribution < 1.29 is 23.9 Å². The van der Waals surface area contributed by atoms with Gasteiger partial charge >= 0.3 is 5.97 Å². The molecule has 0 aliphatic heterocycles. The molecule has 0 unspecified atom stereocenters. The second-order valence-electron chi connectivity index (χ2n) is 4.37. The highest BCUT2D eigenvalue weighted by Gasteiger charge is 2.08. The summed E-state index contributed by atoms with van der Waals surface area (Å²) < 4.78 is 10.6. The average Bonchev–Trinajstić information content (AvgIpc) is 2.51. The molecule has 120 valence electrons. The molecule has 0 bridgehead atoms. The first-order chi connectivity index (χ1) is 10.4. The van der Waals surface area contributed by atoms with Gasteiger partial charge in [-0.2, -0.15) is 0 Å². The van der Waals surface area contributed by atoms with Crippen LogP contribution in [0.4, 0.5) is 0 Å². The molecule has 0 saturated carbocycles.